The number of nitro benzene ring substituents is 1. The van der Waals surface area contributed by atoms with Crippen molar-refractivity contribution < 1.29 is 9.72 Å². The summed E-state index contributed by atoms with van der Waals surface area (Å²) in [5, 5.41) is 13.5. The van der Waals surface area contributed by atoms with Crippen LogP contribution in [0.25, 0.3) is 0 Å². The fraction of sp³-hybridized carbons (Fsp3) is 0.357. The number of halogens is 1. The molecule has 0 spiro atoms. The number of benzene rings is 1. The van der Waals surface area contributed by atoms with Crippen LogP contribution in [0.15, 0.2) is 29.8 Å². The second kappa shape index (κ2) is 6.52. The van der Waals surface area contributed by atoms with Gasteiger partial charge in [-0.2, -0.15) is 0 Å². The third kappa shape index (κ3) is 3.57. The first-order chi connectivity index (χ1) is 9.58. The lowest BCUT2D eigenvalue weighted by atomic mass is 9.99. The first-order valence-electron chi connectivity index (χ1n) is 6.48. The van der Waals surface area contributed by atoms with Crippen molar-refractivity contribution in [1.29, 1.82) is 0 Å². The van der Waals surface area contributed by atoms with Crippen LogP contribution in [0, 0.1) is 10.1 Å². The lowest BCUT2D eigenvalue weighted by molar-refractivity contribution is -0.384. The van der Waals surface area contributed by atoms with E-state index in [1.807, 2.05) is 0 Å². The number of hydrogen-bond acceptors (Lipinski definition) is 3. The zero-order valence-corrected chi connectivity index (χ0v) is 11.7. The molecule has 0 saturated carbocycles. The minimum absolute atomic E-state index is 0.0920. The molecule has 1 N–H and O–H groups in total. The molecule has 0 aliphatic heterocycles. The van der Waals surface area contributed by atoms with Crippen molar-refractivity contribution in [3.05, 3.63) is 50.5 Å². The molecule has 2 rings (SSSR count). The summed E-state index contributed by atoms with van der Waals surface area (Å²) in [5.74, 6) is -0.309. The van der Waals surface area contributed by atoms with Crippen LogP contribution in [0.2, 0.25) is 5.02 Å². The number of carbonyl (C=O) groups excluding carboxylic acids is 1. The van der Waals surface area contributed by atoms with Gasteiger partial charge in [0, 0.05) is 18.7 Å². The predicted molar refractivity (Wildman–Crippen MR) is 77.0 cm³/mol. The Morgan fingerprint density at radius 3 is 2.80 bits per heavy atom. The molecule has 0 saturated heterocycles. The van der Waals surface area contributed by atoms with Crippen molar-refractivity contribution in [2.45, 2.75) is 25.7 Å². The number of allylic oxidation sites excluding steroid dienone is 1. The molecule has 0 unspecified atom stereocenters. The average Bonchev–Trinajstić information content (AvgIpc) is 2.45. The maximum atomic E-state index is 12.0. The summed E-state index contributed by atoms with van der Waals surface area (Å²) in [6, 6.07) is 3.85. The van der Waals surface area contributed by atoms with Gasteiger partial charge >= 0.3 is 0 Å². The molecule has 6 heteroatoms. The molecule has 20 heavy (non-hydrogen) atoms. The van der Waals surface area contributed by atoms with Gasteiger partial charge < -0.3 is 5.32 Å². The highest BCUT2D eigenvalue weighted by atomic mass is 35.5. The molecule has 0 heterocycles. The van der Waals surface area contributed by atoms with E-state index in [-0.39, 0.29) is 22.2 Å². The number of nitrogens with zero attached hydrogens (tertiary/aromatic N) is 1. The van der Waals surface area contributed by atoms with Crippen LogP contribution in [0.5, 0.6) is 0 Å². The Labute approximate surface area is 121 Å². The lowest BCUT2D eigenvalue weighted by Gasteiger charge is -2.13. The Hall–Kier alpha value is -1.88. The van der Waals surface area contributed by atoms with Crippen LogP contribution in [0.1, 0.15) is 36.0 Å². The van der Waals surface area contributed by atoms with Crippen molar-refractivity contribution in [3.8, 4) is 0 Å². The van der Waals surface area contributed by atoms with Gasteiger partial charge in [0.1, 0.15) is 0 Å². The molecule has 0 bridgehead atoms. The van der Waals surface area contributed by atoms with E-state index < -0.39 is 4.92 Å². The van der Waals surface area contributed by atoms with Crippen LogP contribution in [-0.4, -0.2) is 17.4 Å². The predicted octanol–water partition coefficient (Wildman–Crippen LogP) is 3.48. The van der Waals surface area contributed by atoms with E-state index in [0.717, 1.165) is 19.3 Å². The van der Waals surface area contributed by atoms with E-state index in [2.05, 4.69) is 11.4 Å². The zero-order chi connectivity index (χ0) is 14.5. The van der Waals surface area contributed by atoms with Gasteiger partial charge in [-0.05, 0) is 31.7 Å². The minimum Gasteiger partial charge on any atom is -0.348 e. The van der Waals surface area contributed by atoms with E-state index in [1.54, 1.807) is 0 Å². The second-order valence-electron chi connectivity index (χ2n) is 4.71. The molecule has 1 amide bonds. The van der Waals surface area contributed by atoms with Gasteiger partial charge in [-0.15, -0.1) is 0 Å². The summed E-state index contributed by atoms with van der Waals surface area (Å²) in [7, 11) is 0. The average molecular weight is 295 g/mol. The van der Waals surface area contributed by atoms with E-state index in [4.69, 9.17) is 11.6 Å². The van der Waals surface area contributed by atoms with Crippen molar-refractivity contribution in [2.75, 3.05) is 6.54 Å². The van der Waals surface area contributed by atoms with Gasteiger partial charge in [-0.3, -0.25) is 14.9 Å². The van der Waals surface area contributed by atoms with Gasteiger partial charge in [0.25, 0.3) is 11.6 Å². The molecule has 1 aromatic carbocycles. The maximum absolute atomic E-state index is 12.0. The van der Waals surface area contributed by atoms with Gasteiger partial charge in [-0.25, -0.2) is 0 Å². The van der Waals surface area contributed by atoms with E-state index in [9.17, 15) is 14.9 Å². The Morgan fingerprint density at radius 2 is 2.20 bits per heavy atom. The zero-order valence-electron chi connectivity index (χ0n) is 10.9. The molecule has 0 radical (unpaired) electrons. The number of amides is 1. The smallest absolute Gasteiger partial charge is 0.270 e. The third-order valence-electron chi connectivity index (χ3n) is 3.27. The van der Waals surface area contributed by atoms with Crippen LogP contribution in [-0.2, 0) is 0 Å². The topological polar surface area (TPSA) is 72.2 Å². The number of nitrogens with one attached hydrogen (secondary N) is 1. The molecule has 0 fully saturated rings. The molecule has 5 nitrogen and oxygen atoms in total. The highest BCUT2D eigenvalue weighted by Gasteiger charge is 2.15. The fourth-order valence-corrected chi connectivity index (χ4v) is 2.42. The van der Waals surface area contributed by atoms with Crippen molar-refractivity contribution >= 4 is 23.2 Å². The Kier molecular flexibility index (Phi) is 4.74. The first-order valence-corrected chi connectivity index (χ1v) is 6.86. The largest absolute Gasteiger partial charge is 0.348 e. The lowest BCUT2D eigenvalue weighted by Crippen LogP contribution is -2.26. The van der Waals surface area contributed by atoms with E-state index in [0.29, 0.717) is 6.54 Å². The number of hydrogen-bond donors (Lipinski definition) is 1. The van der Waals surface area contributed by atoms with Gasteiger partial charge in [0.15, 0.2) is 0 Å². The highest BCUT2D eigenvalue weighted by molar-refractivity contribution is 6.34. The number of carbonyl (C=O) groups is 1. The molecule has 1 aromatic rings. The standard InChI is InChI=1S/C14H15ClN2O3/c15-13-8-11(17(19)20)6-7-12(13)14(18)16-9-10-4-2-1-3-5-10/h4,6-8H,1-3,5,9H2,(H,16,18). The van der Waals surface area contributed by atoms with Crippen LogP contribution >= 0.6 is 11.6 Å². The maximum Gasteiger partial charge on any atom is 0.270 e. The Bertz CT molecular complexity index is 570. The summed E-state index contributed by atoms with van der Waals surface area (Å²) in [4.78, 5) is 22.1. The molecule has 1 aliphatic carbocycles. The summed E-state index contributed by atoms with van der Waals surface area (Å²) < 4.78 is 0. The van der Waals surface area contributed by atoms with Crippen molar-refractivity contribution in [1.82, 2.24) is 5.32 Å². The second-order valence-corrected chi connectivity index (χ2v) is 5.12. The molecule has 106 valence electrons. The summed E-state index contributed by atoms with van der Waals surface area (Å²) in [6.07, 6.45) is 6.57. The number of non-ortho nitro benzene ring substituents is 1. The normalized spacial score (nSPS) is 14.6. The Morgan fingerprint density at radius 1 is 1.40 bits per heavy atom. The monoisotopic (exact) mass is 294 g/mol. The van der Waals surface area contributed by atoms with Crippen molar-refractivity contribution in [2.24, 2.45) is 0 Å². The van der Waals surface area contributed by atoms with Crippen LogP contribution < -0.4 is 5.32 Å². The molecule has 0 aromatic heterocycles. The number of nitro groups is 1. The van der Waals surface area contributed by atoms with Gasteiger partial charge in [0.05, 0.1) is 15.5 Å². The fourth-order valence-electron chi connectivity index (χ4n) is 2.16. The summed E-state index contributed by atoms with van der Waals surface area (Å²) >= 11 is 5.91. The number of rotatable bonds is 4. The van der Waals surface area contributed by atoms with Crippen LogP contribution in [0.4, 0.5) is 5.69 Å². The quantitative estimate of drug-likeness (QED) is 0.525. The minimum atomic E-state index is -0.541. The summed E-state index contributed by atoms with van der Waals surface area (Å²) in [5.41, 5.74) is 1.36. The molecule has 0 atom stereocenters. The Balaban J connectivity index is 2.02. The molecular formula is C14H15ClN2O3. The van der Waals surface area contributed by atoms with Gasteiger partial charge in [0.2, 0.25) is 0 Å². The van der Waals surface area contributed by atoms with Gasteiger partial charge in [-0.1, -0.05) is 23.3 Å². The molecular weight excluding hydrogens is 280 g/mol. The van der Waals surface area contributed by atoms with Crippen molar-refractivity contribution in [3.63, 3.8) is 0 Å². The highest BCUT2D eigenvalue weighted by Crippen LogP contribution is 2.22. The SMILES string of the molecule is O=C(NCC1=CCCCC1)c1ccc([N+](=O)[O-])cc1Cl. The van der Waals surface area contributed by atoms with E-state index >= 15 is 0 Å². The van der Waals surface area contributed by atoms with E-state index in [1.165, 1.54) is 30.2 Å². The molecule has 1 aliphatic rings. The summed E-state index contributed by atoms with van der Waals surface area (Å²) in [6.45, 7) is 0.506. The first kappa shape index (κ1) is 14.5. The third-order valence-corrected chi connectivity index (χ3v) is 3.58. The van der Waals surface area contributed by atoms with Crippen LogP contribution in [0.3, 0.4) is 0 Å².